The number of halogens is 1. The van der Waals surface area contributed by atoms with Crippen molar-refractivity contribution in [3.63, 3.8) is 0 Å². The fraction of sp³-hybridized carbons (Fsp3) is 0.350. The third-order valence-electron chi connectivity index (χ3n) is 4.31. The first kappa shape index (κ1) is 25.2. The van der Waals surface area contributed by atoms with Gasteiger partial charge in [0.05, 0.1) is 4.90 Å². The lowest BCUT2D eigenvalue weighted by Crippen LogP contribution is -2.38. The number of hydrogen-bond donors (Lipinski definition) is 3. The van der Waals surface area contributed by atoms with E-state index in [9.17, 15) is 8.42 Å². The van der Waals surface area contributed by atoms with Crippen LogP contribution in [0.1, 0.15) is 18.9 Å². The predicted octanol–water partition coefficient (Wildman–Crippen LogP) is 2.53. The van der Waals surface area contributed by atoms with E-state index < -0.39 is 10.0 Å². The lowest BCUT2D eigenvalue weighted by molar-refractivity contribution is 0.597. The van der Waals surface area contributed by atoms with Crippen LogP contribution in [0.4, 0.5) is 5.69 Å². The summed E-state index contributed by atoms with van der Waals surface area (Å²) in [5, 5.41) is 11.7. The second-order valence-corrected chi connectivity index (χ2v) is 7.88. The van der Waals surface area contributed by atoms with Crippen molar-refractivity contribution in [1.29, 1.82) is 0 Å². The van der Waals surface area contributed by atoms with Crippen molar-refractivity contribution >= 4 is 45.6 Å². The summed E-state index contributed by atoms with van der Waals surface area (Å²) in [6, 6.07) is 16.9. The zero-order valence-electron chi connectivity index (χ0n) is 16.8. The van der Waals surface area contributed by atoms with Gasteiger partial charge >= 0.3 is 0 Å². The molecule has 0 saturated heterocycles. The molecule has 4 N–H and O–H groups in total. The van der Waals surface area contributed by atoms with E-state index in [-0.39, 0.29) is 28.9 Å². The number of nitrogens with zero attached hydrogens (tertiary/aromatic N) is 2. The number of primary sulfonamides is 1. The van der Waals surface area contributed by atoms with E-state index in [1.54, 1.807) is 19.2 Å². The summed E-state index contributed by atoms with van der Waals surface area (Å²) in [5.74, 6) is 0.670. The normalized spacial score (nSPS) is 11.5. The molecule has 0 saturated carbocycles. The first-order chi connectivity index (χ1) is 13.4. The molecule has 0 aliphatic carbocycles. The Bertz CT molecular complexity index is 875. The molecule has 0 amide bonds. The Hall–Kier alpha value is -1.85. The zero-order valence-corrected chi connectivity index (χ0v) is 20.0. The van der Waals surface area contributed by atoms with Gasteiger partial charge in [-0.25, -0.2) is 13.6 Å². The number of anilines is 1. The van der Waals surface area contributed by atoms with Crippen LogP contribution < -0.4 is 20.7 Å². The van der Waals surface area contributed by atoms with Gasteiger partial charge in [0.25, 0.3) is 0 Å². The van der Waals surface area contributed by atoms with Gasteiger partial charge in [0, 0.05) is 38.9 Å². The number of sulfonamides is 1. The number of nitrogens with one attached hydrogen (secondary N) is 2. The van der Waals surface area contributed by atoms with Crippen molar-refractivity contribution in [3.05, 3.63) is 60.2 Å². The summed E-state index contributed by atoms with van der Waals surface area (Å²) in [6.07, 6.45) is 0.963. The van der Waals surface area contributed by atoms with Crippen molar-refractivity contribution in [2.75, 3.05) is 31.6 Å². The minimum atomic E-state index is -3.70. The summed E-state index contributed by atoms with van der Waals surface area (Å²) < 4.78 is 22.9. The van der Waals surface area contributed by atoms with Crippen LogP contribution in [0.25, 0.3) is 0 Å². The van der Waals surface area contributed by atoms with E-state index in [0.29, 0.717) is 12.5 Å². The Morgan fingerprint density at radius 3 is 2.45 bits per heavy atom. The van der Waals surface area contributed by atoms with Crippen molar-refractivity contribution in [3.8, 4) is 0 Å². The van der Waals surface area contributed by atoms with Crippen LogP contribution in [0.5, 0.6) is 0 Å². The number of aliphatic imine (C=N–C) groups is 1. The minimum absolute atomic E-state index is 0. The molecule has 29 heavy (non-hydrogen) atoms. The number of para-hydroxylation sites is 1. The number of benzene rings is 2. The summed E-state index contributed by atoms with van der Waals surface area (Å²) >= 11 is 0. The fourth-order valence-electron chi connectivity index (χ4n) is 2.82. The molecule has 2 rings (SSSR count). The second kappa shape index (κ2) is 12.7. The number of rotatable bonds is 9. The van der Waals surface area contributed by atoms with Gasteiger partial charge in [-0.3, -0.25) is 4.99 Å². The maximum atomic E-state index is 11.5. The van der Waals surface area contributed by atoms with Crippen LogP contribution in [-0.2, 0) is 16.6 Å². The molecule has 0 radical (unpaired) electrons. The molecule has 2 aromatic rings. The van der Waals surface area contributed by atoms with E-state index in [1.165, 1.54) is 11.8 Å². The Morgan fingerprint density at radius 1 is 1.10 bits per heavy atom. The zero-order chi connectivity index (χ0) is 20.4. The SMILES string of the molecule is CCN(CCCNC(=NC)NCc1cccc(S(N)(=O)=O)c1)c1ccccc1.I. The fourth-order valence-corrected chi connectivity index (χ4v) is 3.41. The first-order valence-corrected chi connectivity index (χ1v) is 10.8. The van der Waals surface area contributed by atoms with Crippen LogP contribution in [0.2, 0.25) is 0 Å². The van der Waals surface area contributed by atoms with Gasteiger partial charge < -0.3 is 15.5 Å². The average Bonchev–Trinajstić information content (AvgIpc) is 2.70. The Morgan fingerprint density at radius 2 is 1.83 bits per heavy atom. The largest absolute Gasteiger partial charge is 0.372 e. The van der Waals surface area contributed by atoms with Crippen LogP contribution >= 0.6 is 24.0 Å². The lowest BCUT2D eigenvalue weighted by Gasteiger charge is -2.23. The standard InChI is InChI=1S/C20H29N5O2S.HI/c1-3-25(18-10-5-4-6-11-18)14-8-13-23-20(22-2)24-16-17-9-7-12-19(15-17)28(21,26)27;/h4-7,9-12,15H,3,8,13-14,16H2,1-2H3,(H2,21,26,27)(H2,22,23,24);1H. The Balaban J connectivity index is 0.00000420. The molecule has 2 aromatic carbocycles. The Kier molecular flexibility index (Phi) is 11.0. The highest BCUT2D eigenvalue weighted by Gasteiger charge is 2.08. The topological polar surface area (TPSA) is 99.8 Å². The monoisotopic (exact) mass is 531 g/mol. The highest BCUT2D eigenvalue weighted by molar-refractivity contribution is 14.0. The third-order valence-corrected chi connectivity index (χ3v) is 5.22. The predicted molar refractivity (Wildman–Crippen MR) is 130 cm³/mol. The van der Waals surface area contributed by atoms with Gasteiger partial charge in [-0.05, 0) is 43.2 Å². The maximum Gasteiger partial charge on any atom is 0.238 e. The number of hydrogen-bond acceptors (Lipinski definition) is 4. The molecule has 0 unspecified atom stereocenters. The molecule has 0 bridgehead atoms. The lowest BCUT2D eigenvalue weighted by atomic mass is 10.2. The summed E-state index contributed by atoms with van der Waals surface area (Å²) in [4.78, 5) is 6.64. The molecule has 0 aliphatic heterocycles. The van der Waals surface area contributed by atoms with Crippen LogP contribution in [-0.4, -0.2) is 41.1 Å². The summed E-state index contributed by atoms with van der Waals surface area (Å²) in [5.41, 5.74) is 2.04. The smallest absolute Gasteiger partial charge is 0.238 e. The van der Waals surface area contributed by atoms with Gasteiger partial charge in [-0.1, -0.05) is 30.3 Å². The number of nitrogens with two attached hydrogens (primary N) is 1. The second-order valence-electron chi connectivity index (χ2n) is 6.31. The van der Waals surface area contributed by atoms with Crippen LogP contribution in [0.15, 0.2) is 64.5 Å². The van der Waals surface area contributed by atoms with Crippen molar-refractivity contribution < 1.29 is 8.42 Å². The molecule has 0 fully saturated rings. The van der Waals surface area contributed by atoms with Gasteiger partial charge in [0.15, 0.2) is 5.96 Å². The van der Waals surface area contributed by atoms with Crippen LogP contribution in [0, 0.1) is 0 Å². The van der Waals surface area contributed by atoms with E-state index in [1.807, 2.05) is 24.3 Å². The maximum absolute atomic E-state index is 11.5. The van der Waals surface area contributed by atoms with Gasteiger partial charge in [-0.2, -0.15) is 0 Å². The van der Waals surface area contributed by atoms with E-state index >= 15 is 0 Å². The van der Waals surface area contributed by atoms with Crippen LogP contribution in [0.3, 0.4) is 0 Å². The molecule has 0 heterocycles. The molecule has 160 valence electrons. The van der Waals surface area contributed by atoms with Crippen molar-refractivity contribution in [2.45, 2.75) is 24.8 Å². The highest BCUT2D eigenvalue weighted by Crippen LogP contribution is 2.12. The summed E-state index contributed by atoms with van der Waals surface area (Å²) in [7, 11) is -1.99. The molecule has 0 aromatic heterocycles. The van der Waals surface area contributed by atoms with Gasteiger partial charge in [0.2, 0.25) is 10.0 Å². The molecule has 7 nitrogen and oxygen atoms in total. The minimum Gasteiger partial charge on any atom is -0.372 e. The van der Waals surface area contributed by atoms with Gasteiger partial charge in [-0.15, -0.1) is 24.0 Å². The molecular weight excluding hydrogens is 501 g/mol. The van der Waals surface area contributed by atoms with Crippen molar-refractivity contribution in [1.82, 2.24) is 10.6 Å². The third kappa shape index (κ3) is 8.58. The summed E-state index contributed by atoms with van der Waals surface area (Å²) in [6.45, 7) is 5.28. The van der Waals surface area contributed by atoms with E-state index in [2.05, 4.69) is 39.6 Å². The van der Waals surface area contributed by atoms with E-state index in [4.69, 9.17) is 5.14 Å². The van der Waals surface area contributed by atoms with E-state index in [0.717, 1.165) is 31.6 Å². The van der Waals surface area contributed by atoms with Gasteiger partial charge in [0.1, 0.15) is 0 Å². The molecule has 9 heteroatoms. The highest BCUT2D eigenvalue weighted by atomic mass is 127. The number of guanidine groups is 1. The molecule has 0 atom stereocenters. The first-order valence-electron chi connectivity index (χ1n) is 9.30. The Labute approximate surface area is 190 Å². The van der Waals surface area contributed by atoms with Crippen molar-refractivity contribution in [2.24, 2.45) is 10.1 Å². The quantitative estimate of drug-likeness (QED) is 0.200. The molecule has 0 aliphatic rings. The molecular formula is C20H30IN5O2S. The molecule has 0 spiro atoms. The average molecular weight is 531 g/mol.